The smallest absolute Gasteiger partial charge is 0.0368 e. The summed E-state index contributed by atoms with van der Waals surface area (Å²) in [5, 5.41) is 17.1. The molecule has 0 atom stereocenters. The van der Waals surface area contributed by atoms with Crippen LogP contribution < -0.4 is 15.9 Å². The Labute approximate surface area is 388 Å². The molecule has 0 nitrogen and oxygen atoms in total. The summed E-state index contributed by atoms with van der Waals surface area (Å²) in [7, 11) is -0.793. The molecule has 13 aromatic rings. The van der Waals surface area contributed by atoms with E-state index in [1.165, 1.54) is 135 Å². The van der Waals surface area contributed by atoms with Crippen LogP contribution in [0.25, 0.3) is 119 Å². The average Bonchev–Trinajstić information content (AvgIpc) is 3.92. The van der Waals surface area contributed by atoms with Gasteiger partial charge in [0.1, 0.15) is 0 Å². The minimum absolute atomic E-state index is 0.793. The molecule has 0 saturated heterocycles. The molecule has 1 aromatic heterocycles. The van der Waals surface area contributed by atoms with Gasteiger partial charge in [-0.15, -0.1) is 11.3 Å². The molecule has 0 radical (unpaired) electrons. The Hall–Kier alpha value is -7.67. The van der Waals surface area contributed by atoms with Crippen molar-refractivity contribution in [3.8, 4) is 55.6 Å². The molecule has 2 heteroatoms. The van der Waals surface area contributed by atoms with Crippen molar-refractivity contribution >= 4 is 98.4 Å². The topological polar surface area (TPSA) is 0 Å². The third-order valence-electron chi connectivity index (χ3n) is 13.9. The normalized spacial score (nSPS) is 12.1. The SMILES string of the molecule is c1ccc(-c2c3c(c(-c4ccccc4)c4ccccc24)-c2cc4sc5cc(-c6ccc(P(c7ccc8ccccc8c7)c7ccc8ccccc8c7)cc6)ccc5c4c4cccc-3c24)cc1. The monoisotopic (exact) mass is 870 g/mol. The molecule has 0 N–H and O–H groups in total. The molecule has 0 fully saturated rings. The summed E-state index contributed by atoms with van der Waals surface area (Å²) in [6.45, 7) is 0. The highest BCUT2D eigenvalue weighted by Gasteiger charge is 2.32. The van der Waals surface area contributed by atoms with Crippen LogP contribution in [0, 0.1) is 0 Å². The number of rotatable bonds is 6. The number of hydrogen-bond donors (Lipinski definition) is 0. The molecular weight excluding hydrogens is 832 g/mol. The van der Waals surface area contributed by atoms with Crippen LogP contribution in [0.2, 0.25) is 0 Å². The van der Waals surface area contributed by atoms with E-state index in [0.717, 1.165) is 0 Å². The van der Waals surface area contributed by atoms with Gasteiger partial charge in [0.15, 0.2) is 0 Å². The van der Waals surface area contributed by atoms with Gasteiger partial charge in [-0.25, -0.2) is 0 Å². The second-order valence-electron chi connectivity index (χ2n) is 17.6. The molecule has 306 valence electrons. The van der Waals surface area contributed by atoms with Crippen molar-refractivity contribution < 1.29 is 0 Å². The Morgan fingerprint density at radius 3 is 1.39 bits per heavy atom. The Balaban J connectivity index is 0.919. The van der Waals surface area contributed by atoms with Gasteiger partial charge in [-0.2, -0.15) is 0 Å². The predicted octanol–water partition coefficient (Wildman–Crippen LogP) is 17.1. The van der Waals surface area contributed by atoms with Gasteiger partial charge in [0, 0.05) is 20.2 Å². The van der Waals surface area contributed by atoms with E-state index in [1.807, 2.05) is 11.3 Å². The first-order valence-corrected chi connectivity index (χ1v) is 24.9. The molecule has 0 aliphatic heterocycles. The molecule has 1 aliphatic carbocycles. The van der Waals surface area contributed by atoms with Gasteiger partial charge < -0.3 is 0 Å². The lowest BCUT2D eigenvalue weighted by Gasteiger charge is -2.21. The number of hydrogen-bond acceptors (Lipinski definition) is 1. The Kier molecular flexibility index (Phi) is 8.53. The van der Waals surface area contributed by atoms with Gasteiger partial charge in [0.05, 0.1) is 0 Å². The van der Waals surface area contributed by atoms with Crippen molar-refractivity contribution in [2.45, 2.75) is 0 Å². The highest BCUT2D eigenvalue weighted by Crippen LogP contribution is 2.59. The van der Waals surface area contributed by atoms with Crippen molar-refractivity contribution in [3.05, 3.63) is 237 Å². The Bertz CT molecular complexity index is 4010. The minimum Gasteiger partial charge on any atom is -0.135 e. The standard InChI is InChI=1S/C64H39PS/c1-3-16-43(17-4-1)59-51-22-11-12-23-52(51)60(44-18-5-2-6-19-44)64-56-39-58-62(54-24-13-25-55(61(54)56)63(59)64)53-35-30-47(38-57(53)66-58)42-26-31-48(32-27-42)65(49-33-28-40-14-7-9-20-45(40)36-49)50-34-29-41-15-8-10-21-46(41)37-50/h1-39H. The van der Waals surface area contributed by atoms with Gasteiger partial charge in [-0.05, 0) is 147 Å². The Morgan fingerprint density at radius 1 is 0.258 bits per heavy atom. The Morgan fingerprint density at radius 2 is 0.773 bits per heavy atom. The quantitative estimate of drug-likeness (QED) is 0.146. The third-order valence-corrected chi connectivity index (χ3v) is 17.4. The van der Waals surface area contributed by atoms with Gasteiger partial charge in [0.25, 0.3) is 0 Å². The maximum Gasteiger partial charge on any atom is 0.0368 e. The van der Waals surface area contributed by atoms with E-state index < -0.39 is 7.92 Å². The van der Waals surface area contributed by atoms with Crippen LogP contribution in [0.4, 0.5) is 0 Å². The maximum absolute atomic E-state index is 2.52. The maximum atomic E-state index is 2.52. The highest BCUT2D eigenvalue weighted by molar-refractivity contribution is 7.79. The van der Waals surface area contributed by atoms with Crippen LogP contribution in [0.3, 0.4) is 0 Å². The molecule has 0 spiro atoms. The number of thiophene rings is 1. The third kappa shape index (κ3) is 5.81. The van der Waals surface area contributed by atoms with E-state index in [-0.39, 0.29) is 0 Å². The van der Waals surface area contributed by atoms with Crippen molar-refractivity contribution in [3.63, 3.8) is 0 Å². The van der Waals surface area contributed by atoms with Crippen LogP contribution in [0.1, 0.15) is 0 Å². The molecule has 66 heavy (non-hydrogen) atoms. The zero-order valence-corrected chi connectivity index (χ0v) is 37.6. The van der Waals surface area contributed by atoms with E-state index in [0.29, 0.717) is 0 Å². The van der Waals surface area contributed by atoms with E-state index in [1.54, 1.807) is 0 Å². The molecule has 0 amide bonds. The molecule has 1 aliphatic rings. The summed E-state index contributed by atoms with van der Waals surface area (Å²) in [4.78, 5) is 0. The van der Waals surface area contributed by atoms with Crippen LogP contribution in [-0.2, 0) is 0 Å². The molecule has 0 bridgehead atoms. The van der Waals surface area contributed by atoms with Gasteiger partial charge in [-0.1, -0.05) is 212 Å². The van der Waals surface area contributed by atoms with Crippen LogP contribution in [0.5, 0.6) is 0 Å². The van der Waals surface area contributed by atoms with Crippen LogP contribution in [-0.4, -0.2) is 0 Å². The largest absolute Gasteiger partial charge is 0.135 e. The lowest BCUT2D eigenvalue weighted by Crippen LogP contribution is -2.20. The van der Waals surface area contributed by atoms with Crippen LogP contribution >= 0.6 is 19.3 Å². The van der Waals surface area contributed by atoms with Gasteiger partial charge >= 0.3 is 0 Å². The summed E-state index contributed by atoms with van der Waals surface area (Å²) in [6, 6.07) is 88.7. The first kappa shape index (κ1) is 37.7. The van der Waals surface area contributed by atoms with E-state index >= 15 is 0 Å². The molecule has 0 unspecified atom stereocenters. The van der Waals surface area contributed by atoms with E-state index in [2.05, 4.69) is 237 Å². The second-order valence-corrected chi connectivity index (χ2v) is 20.9. The zero-order valence-electron chi connectivity index (χ0n) is 35.9. The van der Waals surface area contributed by atoms with Gasteiger partial charge in [-0.3, -0.25) is 0 Å². The zero-order chi connectivity index (χ0) is 43.3. The van der Waals surface area contributed by atoms with Gasteiger partial charge in [0.2, 0.25) is 0 Å². The molecule has 1 heterocycles. The number of fused-ring (bicyclic) bond motifs is 10. The number of benzene rings is 12. The lowest BCUT2D eigenvalue weighted by molar-refractivity contribution is 1.62. The van der Waals surface area contributed by atoms with E-state index in [4.69, 9.17) is 0 Å². The molecule has 14 rings (SSSR count). The summed E-state index contributed by atoms with van der Waals surface area (Å²) in [5.74, 6) is 0. The summed E-state index contributed by atoms with van der Waals surface area (Å²) < 4.78 is 2.65. The summed E-state index contributed by atoms with van der Waals surface area (Å²) in [5.41, 5.74) is 13.0. The average molecular weight is 871 g/mol. The minimum atomic E-state index is -0.793. The fourth-order valence-corrected chi connectivity index (χ4v) is 14.5. The van der Waals surface area contributed by atoms with Crippen molar-refractivity contribution in [1.82, 2.24) is 0 Å². The highest BCUT2D eigenvalue weighted by atomic mass is 32.1. The fraction of sp³-hybridized carbons (Fsp3) is 0. The van der Waals surface area contributed by atoms with Crippen LogP contribution in [0.15, 0.2) is 237 Å². The molecule has 12 aromatic carbocycles. The lowest BCUT2D eigenvalue weighted by atomic mass is 9.82. The van der Waals surface area contributed by atoms with E-state index in [9.17, 15) is 0 Å². The summed E-state index contributed by atoms with van der Waals surface area (Å²) in [6.07, 6.45) is 0. The first-order chi connectivity index (χ1) is 32.7. The first-order valence-electron chi connectivity index (χ1n) is 22.7. The molecule has 0 saturated carbocycles. The molecular formula is C64H39PS. The second kappa shape index (κ2) is 14.9. The predicted molar refractivity (Wildman–Crippen MR) is 289 cm³/mol. The van der Waals surface area contributed by atoms with Crippen molar-refractivity contribution in [2.75, 3.05) is 0 Å². The summed E-state index contributed by atoms with van der Waals surface area (Å²) >= 11 is 1.93. The fourth-order valence-electron chi connectivity index (χ4n) is 11.0. The van der Waals surface area contributed by atoms with Crippen molar-refractivity contribution in [1.29, 1.82) is 0 Å². The van der Waals surface area contributed by atoms with Crippen molar-refractivity contribution in [2.24, 2.45) is 0 Å².